The summed E-state index contributed by atoms with van der Waals surface area (Å²) in [6.07, 6.45) is 2.25. The average Bonchev–Trinajstić information content (AvgIpc) is 2.19. The minimum atomic E-state index is 0.0642. The van der Waals surface area contributed by atoms with Crippen LogP contribution in [-0.4, -0.2) is 18.4 Å². The van der Waals surface area contributed by atoms with Crippen molar-refractivity contribution < 1.29 is 9.47 Å². The second-order valence-electron chi connectivity index (χ2n) is 1.72. The van der Waals surface area contributed by atoms with Crippen LogP contribution in [0.4, 0.5) is 0 Å². The Morgan fingerprint density at radius 2 is 2.62 bits per heavy atom. The van der Waals surface area contributed by atoms with Gasteiger partial charge in [-0.2, -0.15) is 0 Å². The maximum atomic E-state index is 5.14. The van der Waals surface area contributed by atoms with Crippen molar-refractivity contribution in [2.24, 2.45) is 0 Å². The molecule has 0 spiro atoms. The number of alkyl halides is 1. The number of ether oxygens (including phenoxy) is 2. The maximum absolute atomic E-state index is 5.14. The zero-order valence-electron chi connectivity index (χ0n) is 4.60. The fraction of sp³-hybridized carbons (Fsp3) is 1.00. The predicted octanol–water partition coefficient (Wildman–Crippen LogP) is 1.49. The van der Waals surface area contributed by atoms with Crippen molar-refractivity contribution in [3.63, 3.8) is 0 Å². The van der Waals surface area contributed by atoms with E-state index in [0.29, 0.717) is 5.52 Å². The molecule has 1 rings (SSSR count). The smallest absolute Gasteiger partial charge is 0.158 e. The molecule has 3 heteroatoms. The molecule has 48 valence electrons. The molecule has 0 aromatic carbocycles. The molecule has 0 radical (unpaired) electrons. The summed E-state index contributed by atoms with van der Waals surface area (Å²) in [7, 11) is 0. The Labute approximate surface area is 57.3 Å². The highest BCUT2D eigenvalue weighted by molar-refractivity contribution is 9.09. The number of hydrogen-bond donors (Lipinski definition) is 0. The van der Waals surface area contributed by atoms with E-state index in [1.807, 2.05) is 0 Å². The molecule has 0 saturated carbocycles. The summed E-state index contributed by atoms with van der Waals surface area (Å²) in [6.45, 7) is 0.859. The van der Waals surface area contributed by atoms with Gasteiger partial charge in [-0.15, -0.1) is 0 Å². The first-order chi connectivity index (χ1) is 3.93. The third-order valence-corrected chi connectivity index (χ3v) is 1.40. The molecular weight excluding hydrogens is 172 g/mol. The van der Waals surface area contributed by atoms with Gasteiger partial charge in [0.2, 0.25) is 0 Å². The monoisotopic (exact) mass is 180 g/mol. The molecule has 0 aliphatic carbocycles. The lowest BCUT2D eigenvalue weighted by Crippen LogP contribution is -2.08. The third kappa shape index (κ3) is 1.73. The molecular formula is C5H9BrO2. The van der Waals surface area contributed by atoms with Crippen LogP contribution < -0.4 is 0 Å². The molecule has 0 N–H and O–H groups in total. The second-order valence-corrected chi connectivity index (χ2v) is 2.18. The van der Waals surface area contributed by atoms with Gasteiger partial charge in [0, 0.05) is 13.0 Å². The van der Waals surface area contributed by atoms with Crippen molar-refractivity contribution in [3.05, 3.63) is 0 Å². The lowest BCUT2D eigenvalue weighted by Gasteiger charge is -2.05. The first kappa shape index (κ1) is 6.52. The van der Waals surface area contributed by atoms with Gasteiger partial charge in [0.15, 0.2) is 6.29 Å². The summed E-state index contributed by atoms with van der Waals surface area (Å²) in [5, 5.41) is 0. The van der Waals surface area contributed by atoms with Crippen LogP contribution in [0.5, 0.6) is 0 Å². The van der Waals surface area contributed by atoms with Crippen molar-refractivity contribution >= 4 is 15.9 Å². The van der Waals surface area contributed by atoms with E-state index >= 15 is 0 Å². The van der Waals surface area contributed by atoms with Crippen molar-refractivity contribution in [1.82, 2.24) is 0 Å². The van der Waals surface area contributed by atoms with Gasteiger partial charge in [0.1, 0.15) is 5.52 Å². The number of rotatable bonds is 2. The van der Waals surface area contributed by atoms with Crippen molar-refractivity contribution in [1.29, 1.82) is 0 Å². The predicted molar refractivity (Wildman–Crippen MR) is 33.9 cm³/mol. The molecule has 1 heterocycles. The van der Waals surface area contributed by atoms with Crippen LogP contribution >= 0.6 is 15.9 Å². The zero-order chi connectivity index (χ0) is 5.82. The van der Waals surface area contributed by atoms with Crippen molar-refractivity contribution in [2.75, 3.05) is 12.1 Å². The SMILES string of the molecule is BrCOC1CCCO1. The van der Waals surface area contributed by atoms with E-state index in [0.717, 1.165) is 19.4 Å². The van der Waals surface area contributed by atoms with Crippen molar-refractivity contribution in [2.45, 2.75) is 19.1 Å². The molecule has 2 nitrogen and oxygen atoms in total. The summed E-state index contributed by atoms with van der Waals surface area (Å²) in [4.78, 5) is 0. The standard InChI is InChI=1S/C5H9BrO2/c6-4-8-5-2-1-3-7-5/h5H,1-4H2. The maximum Gasteiger partial charge on any atom is 0.158 e. The fourth-order valence-electron chi connectivity index (χ4n) is 0.750. The third-order valence-electron chi connectivity index (χ3n) is 1.14. The van der Waals surface area contributed by atoms with Gasteiger partial charge in [0.25, 0.3) is 0 Å². The molecule has 1 atom stereocenters. The molecule has 1 aliphatic heterocycles. The van der Waals surface area contributed by atoms with Gasteiger partial charge in [0.05, 0.1) is 0 Å². The molecule has 0 aromatic rings. The fourth-order valence-corrected chi connectivity index (χ4v) is 1.04. The summed E-state index contributed by atoms with van der Waals surface area (Å²) in [6, 6.07) is 0. The van der Waals surface area contributed by atoms with Crippen LogP contribution in [0.3, 0.4) is 0 Å². The molecule has 1 unspecified atom stereocenters. The second kappa shape index (κ2) is 3.43. The van der Waals surface area contributed by atoms with Crippen LogP contribution in [-0.2, 0) is 9.47 Å². The Hall–Kier alpha value is 0.400. The Morgan fingerprint density at radius 1 is 1.75 bits per heavy atom. The van der Waals surface area contributed by atoms with Crippen LogP contribution in [0.2, 0.25) is 0 Å². The highest BCUT2D eigenvalue weighted by Crippen LogP contribution is 2.12. The minimum Gasteiger partial charge on any atom is -0.353 e. The largest absolute Gasteiger partial charge is 0.353 e. The van der Waals surface area contributed by atoms with Gasteiger partial charge >= 0.3 is 0 Å². The van der Waals surface area contributed by atoms with E-state index in [4.69, 9.17) is 9.47 Å². The van der Waals surface area contributed by atoms with Gasteiger partial charge in [-0.3, -0.25) is 0 Å². The van der Waals surface area contributed by atoms with Crippen LogP contribution in [0.25, 0.3) is 0 Å². The van der Waals surface area contributed by atoms with E-state index in [1.54, 1.807) is 0 Å². The van der Waals surface area contributed by atoms with Gasteiger partial charge < -0.3 is 9.47 Å². The summed E-state index contributed by atoms with van der Waals surface area (Å²) in [5.74, 6) is 0. The van der Waals surface area contributed by atoms with Crippen molar-refractivity contribution in [3.8, 4) is 0 Å². The van der Waals surface area contributed by atoms with E-state index in [9.17, 15) is 0 Å². The molecule has 0 amide bonds. The van der Waals surface area contributed by atoms with E-state index < -0.39 is 0 Å². The molecule has 0 bridgehead atoms. The minimum absolute atomic E-state index is 0.0642. The normalized spacial score (nSPS) is 28.9. The Morgan fingerprint density at radius 3 is 3.12 bits per heavy atom. The summed E-state index contributed by atoms with van der Waals surface area (Å²) >= 11 is 3.16. The highest BCUT2D eigenvalue weighted by Gasteiger charge is 2.14. The Kier molecular flexibility index (Phi) is 2.80. The van der Waals surface area contributed by atoms with E-state index in [2.05, 4.69) is 15.9 Å². The zero-order valence-corrected chi connectivity index (χ0v) is 6.19. The quantitative estimate of drug-likeness (QED) is 0.601. The van der Waals surface area contributed by atoms with E-state index in [-0.39, 0.29) is 6.29 Å². The Balaban J connectivity index is 2.06. The molecule has 0 aromatic heterocycles. The summed E-state index contributed by atoms with van der Waals surface area (Å²) in [5.41, 5.74) is 0.581. The molecule has 1 aliphatic rings. The number of hydrogen-bond acceptors (Lipinski definition) is 2. The van der Waals surface area contributed by atoms with E-state index in [1.165, 1.54) is 0 Å². The number of halogens is 1. The van der Waals surface area contributed by atoms with Gasteiger partial charge in [-0.25, -0.2) is 0 Å². The van der Waals surface area contributed by atoms with Gasteiger partial charge in [-0.1, -0.05) is 15.9 Å². The lowest BCUT2D eigenvalue weighted by atomic mass is 10.4. The average molecular weight is 181 g/mol. The first-order valence-corrected chi connectivity index (χ1v) is 3.85. The first-order valence-electron chi connectivity index (χ1n) is 2.72. The molecule has 8 heavy (non-hydrogen) atoms. The lowest BCUT2D eigenvalue weighted by molar-refractivity contribution is -0.0927. The topological polar surface area (TPSA) is 18.5 Å². The highest BCUT2D eigenvalue weighted by atomic mass is 79.9. The van der Waals surface area contributed by atoms with Gasteiger partial charge in [-0.05, 0) is 6.42 Å². The van der Waals surface area contributed by atoms with Crippen LogP contribution in [0.1, 0.15) is 12.8 Å². The summed E-state index contributed by atoms with van der Waals surface area (Å²) < 4.78 is 10.2. The molecule has 1 fully saturated rings. The van der Waals surface area contributed by atoms with Crippen LogP contribution in [0, 0.1) is 0 Å². The molecule has 1 saturated heterocycles. The van der Waals surface area contributed by atoms with Crippen LogP contribution in [0.15, 0.2) is 0 Å². The Bertz CT molecular complexity index is 61.4.